The smallest absolute Gasteiger partial charge is 0.262 e. The third kappa shape index (κ3) is 3.12. The summed E-state index contributed by atoms with van der Waals surface area (Å²) >= 11 is 0. The Hall–Kier alpha value is -2.22. The van der Waals surface area contributed by atoms with Gasteiger partial charge in [0.15, 0.2) is 9.84 Å². The van der Waals surface area contributed by atoms with Crippen molar-refractivity contribution < 1.29 is 22.8 Å². The van der Waals surface area contributed by atoms with Crippen LogP contribution in [0.25, 0.3) is 0 Å². The van der Waals surface area contributed by atoms with Gasteiger partial charge in [-0.3, -0.25) is 19.3 Å². The van der Waals surface area contributed by atoms with Crippen molar-refractivity contribution in [1.82, 2.24) is 10.2 Å². The Morgan fingerprint density at radius 2 is 1.78 bits per heavy atom. The second kappa shape index (κ2) is 5.77. The molecule has 8 heteroatoms. The van der Waals surface area contributed by atoms with Crippen LogP contribution in [0.2, 0.25) is 0 Å². The molecule has 2 aliphatic rings. The van der Waals surface area contributed by atoms with E-state index < -0.39 is 27.6 Å². The Kier molecular flexibility index (Phi) is 3.93. The lowest BCUT2D eigenvalue weighted by molar-refractivity contribution is -0.121. The van der Waals surface area contributed by atoms with Crippen LogP contribution < -0.4 is 5.32 Å². The standard InChI is InChI=1S/C15H16N2O5S/c18-13(16-7-10-5-6-23(21,22)9-10)8-17-14(19)11-3-1-2-4-12(11)15(17)20/h1-4,10H,5-9H2,(H,16,18)/t10-/m0/s1. The molecule has 3 rings (SSSR count). The molecule has 1 aromatic rings. The third-order valence-corrected chi connectivity index (χ3v) is 5.93. The van der Waals surface area contributed by atoms with E-state index >= 15 is 0 Å². The average Bonchev–Trinajstić information content (AvgIpc) is 2.98. The van der Waals surface area contributed by atoms with Crippen molar-refractivity contribution in [3.8, 4) is 0 Å². The van der Waals surface area contributed by atoms with Crippen LogP contribution in [0.1, 0.15) is 27.1 Å². The zero-order valence-corrected chi connectivity index (χ0v) is 13.1. The number of rotatable bonds is 4. The van der Waals surface area contributed by atoms with Crippen LogP contribution in [-0.2, 0) is 14.6 Å². The van der Waals surface area contributed by atoms with E-state index in [1.165, 1.54) is 0 Å². The van der Waals surface area contributed by atoms with Crippen LogP contribution >= 0.6 is 0 Å². The third-order valence-electron chi connectivity index (χ3n) is 4.09. The molecule has 1 N–H and O–H groups in total. The first-order valence-corrected chi connectivity index (χ1v) is 9.12. The number of amides is 3. The van der Waals surface area contributed by atoms with E-state index in [1.54, 1.807) is 24.3 Å². The highest BCUT2D eigenvalue weighted by atomic mass is 32.2. The van der Waals surface area contributed by atoms with Crippen molar-refractivity contribution in [2.75, 3.05) is 24.6 Å². The largest absolute Gasteiger partial charge is 0.354 e. The van der Waals surface area contributed by atoms with E-state index in [1.807, 2.05) is 0 Å². The van der Waals surface area contributed by atoms with Crippen LogP contribution in [0.15, 0.2) is 24.3 Å². The number of hydrogen-bond acceptors (Lipinski definition) is 5. The van der Waals surface area contributed by atoms with Crippen molar-refractivity contribution in [1.29, 1.82) is 0 Å². The molecule has 23 heavy (non-hydrogen) atoms. The van der Waals surface area contributed by atoms with Crippen molar-refractivity contribution in [2.45, 2.75) is 6.42 Å². The zero-order valence-electron chi connectivity index (χ0n) is 12.3. The molecule has 3 amide bonds. The topological polar surface area (TPSA) is 101 Å². The molecular formula is C15H16N2O5S. The van der Waals surface area contributed by atoms with Crippen LogP contribution in [-0.4, -0.2) is 55.6 Å². The number of nitrogens with zero attached hydrogens (tertiary/aromatic N) is 1. The zero-order chi connectivity index (χ0) is 16.6. The van der Waals surface area contributed by atoms with Gasteiger partial charge < -0.3 is 5.32 Å². The fourth-order valence-electron chi connectivity index (χ4n) is 2.87. The Morgan fingerprint density at radius 1 is 1.17 bits per heavy atom. The SMILES string of the molecule is O=C(CN1C(=O)c2ccccc2C1=O)NC[C@@H]1CCS(=O)(=O)C1. The minimum Gasteiger partial charge on any atom is -0.354 e. The summed E-state index contributed by atoms with van der Waals surface area (Å²) in [4.78, 5) is 37.1. The summed E-state index contributed by atoms with van der Waals surface area (Å²) < 4.78 is 22.7. The van der Waals surface area contributed by atoms with E-state index in [9.17, 15) is 22.8 Å². The quantitative estimate of drug-likeness (QED) is 0.770. The molecular weight excluding hydrogens is 320 g/mol. The molecule has 1 saturated heterocycles. The number of imide groups is 1. The van der Waals surface area contributed by atoms with Crippen LogP contribution in [0.3, 0.4) is 0 Å². The van der Waals surface area contributed by atoms with E-state index in [4.69, 9.17) is 0 Å². The van der Waals surface area contributed by atoms with E-state index in [-0.39, 0.29) is 30.5 Å². The molecule has 0 unspecified atom stereocenters. The average molecular weight is 336 g/mol. The number of nitrogens with one attached hydrogen (secondary N) is 1. The van der Waals surface area contributed by atoms with Gasteiger partial charge in [0.05, 0.1) is 22.6 Å². The first-order chi connectivity index (χ1) is 10.9. The van der Waals surface area contributed by atoms with Gasteiger partial charge >= 0.3 is 0 Å². The number of sulfone groups is 1. The van der Waals surface area contributed by atoms with E-state index in [0.29, 0.717) is 17.5 Å². The highest BCUT2D eigenvalue weighted by Gasteiger charge is 2.36. The molecule has 1 fully saturated rings. The molecule has 0 aliphatic carbocycles. The fraction of sp³-hybridized carbons (Fsp3) is 0.400. The molecule has 1 atom stereocenters. The van der Waals surface area contributed by atoms with Gasteiger partial charge in [0.1, 0.15) is 6.54 Å². The normalized spacial score (nSPS) is 22.3. The maximum atomic E-state index is 12.1. The van der Waals surface area contributed by atoms with Crippen LogP contribution in [0.4, 0.5) is 0 Å². The number of carbonyl (C=O) groups excluding carboxylic acids is 3. The van der Waals surface area contributed by atoms with Gasteiger partial charge in [-0.2, -0.15) is 0 Å². The lowest BCUT2D eigenvalue weighted by Gasteiger charge is -2.15. The van der Waals surface area contributed by atoms with Gasteiger partial charge in [0.2, 0.25) is 5.91 Å². The van der Waals surface area contributed by atoms with Gasteiger partial charge in [-0.25, -0.2) is 8.42 Å². The van der Waals surface area contributed by atoms with Gasteiger partial charge in [-0.15, -0.1) is 0 Å². The molecule has 0 bridgehead atoms. The number of hydrogen-bond donors (Lipinski definition) is 1. The predicted octanol–water partition coefficient (Wildman–Crippen LogP) is -0.166. The second-order valence-corrected chi connectivity index (χ2v) is 8.04. The number of carbonyl (C=O) groups is 3. The minimum absolute atomic E-state index is 0.0697. The lowest BCUT2D eigenvalue weighted by atomic mass is 10.1. The molecule has 0 spiro atoms. The highest BCUT2D eigenvalue weighted by molar-refractivity contribution is 7.91. The summed E-state index contributed by atoms with van der Waals surface area (Å²) in [6, 6.07) is 6.43. The predicted molar refractivity (Wildman–Crippen MR) is 81.6 cm³/mol. The molecule has 0 saturated carbocycles. The first kappa shape index (κ1) is 15.7. The molecule has 2 aliphatic heterocycles. The number of benzene rings is 1. The van der Waals surface area contributed by atoms with Crippen molar-refractivity contribution in [3.05, 3.63) is 35.4 Å². The summed E-state index contributed by atoms with van der Waals surface area (Å²) in [5.41, 5.74) is 0.597. The molecule has 0 aromatic heterocycles. The molecule has 2 heterocycles. The molecule has 122 valence electrons. The van der Waals surface area contributed by atoms with E-state index in [2.05, 4.69) is 5.32 Å². The van der Waals surface area contributed by atoms with Crippen LogP contribution in [0.5, 0.6) is 0 Å². The van der Waals surface area contributed by atoms with E-state index in [0.717, 1.165) is 4.90 Å². The second-order valence-electron chi connectivity index (χ2n) is 5.82. The van der Waals surface area contributed by atoms with Crippen molar-refractivity contribution >= 4 is 27.6 Å². The summed E-state index contributed by atoms with van der Waals surface area (Å²) in [6.07, 6.45) is 0.523. The van der Waals surface area contributed by atoms with Gasteiger partial charge in [0, 0.05) is 6.54 Å². The summed E-state index contributed by atoms with van der Waals surface area (Å²) in [5.74, 6) is -1.32. The Labute approximate surface area is 133 Å². The molecule has 1 aromatic carbocycles. The lowest BCUT2D eigenvalue weighted by Crippen LogP contribution is -2.41. The number of fused-ring (bicyclic) bond motifs is 1. The molecule has 0 radical (unpaired) electrons. The van der Waals surface area contributed by atoms with Crippen molar-refractivity contribution in [3.63, 3.8) is 0 Å². The minimum atomic E-state index is -2.99. The Bertz CT molecular complexity index is 752. The summed E-state index contributed by atoms with van der Waals surface area (Å²) in [5, 5.41) is 2.61. The monoisotopic (exact) mass is 336 g/mol. The first-order valence-electron chi connectivity index (χ1n) is 7.30. The summed E-state index contributed by atoms with van der Waals surface area (Å²) in [7, 11) is -2.99. The van der Waals surface area contributed by atoms with Gasteiger partial charge in [-0.1, -0.05) is 12.1 Å². The molecule has 7 nitrogen and oxygen atoms in total. The van der Waals surface area contributed by atoms with Crippen LogP contribution in [0, 0.1) is 5.92 Å². The Balaban J connectivity index is 1.57. The van der Waals surface area contributed by atoms with Crippen molar-refractivity contribution in [2.24, 2.45) is 5.92 Å². The maximum Gasteiger partial charge on any atom is 0.262 e. The van der Waals surface area contributed by atoms with Gasteiger partial charge in [-0.05, 0) is 24.5 Å². The van der Waals surface area contributed by atoms with Gasteiger partial charge in [0.25, 0.3) is 11.8 Å². The fourth-order valence-corrected chi connectivity index (χ4v) is 4.74. The summed E-state index contributed by atoms with van der Waals surface area (Å²) in [6.45, 7) is -0.118. The maximum absolute atomic E-state index is 12.1. The Morgan fingerprint density at radius 3 is 2.30 bits per heavy atom. The highest BCUT2D eigenvalue weighted by Crippen LogP contribution is 2.22.